The topological polar surface area (TPSA) is 91.4 Å². The average Bonchev–Trinajstić information content (AvgIpc) is 2.86. The minimum atomic E-state index is -0.307. The highest BCUT2D eigenvalue weighted by Crippen LogP contribution is 2.09. The van der Waals surface area contributed by atoms with E-state index in [0.717, 1.165) is 0 Å². The first-order chi connectivity index (χ1) is 9.20. The number of nitriles is 1. The molecule has 1 saturated heterocycles. The maximum Gasteiger partial charge on any atom is 0.266 e. The number of aromatic nitrogens is 1. The number of rotatable bonds is 3. The summed E-state index contributed by atoms with van der Waals surface area (Å²) in [5.74, 6) is 0.799. The lowest BCUT2D eigenvalue weighted by molar-refractivity contribution is -0.130. The molecule has 0 spiro atoms. The van der Waals surface area contributed by atoms with Gasteiger partial charge in [-0.2, -0.15) is 5.26 Å². The molecule has 1 aromatic rings. The van der Waals surface area contributed by atoms with Crippen LogP contribution < -0.4 is 5.32 Å². The minimum Gasteiger partial charge on any atom is -0.378 e. The van der Waals surface area contributed by atoms with Crippen LogP contribution in [0.2, 0.25) is 0 Å². The van der Waals surface area contributed by atoms with Crippen molar-refractivity contribution in [3.8, 4) is 6.07 Å². The van der Waals surface area contributed by atoms with Crippen molar-refractivity contribution in [2.45, 2.75) is 6.92 Å². The molecule has 7 heteroatoms. The van der Waals surface area contributed by atoms with Crippen LogP contribution in [0, 0.1) is 18.3 Å². The van der Waals surface area contributed by atoms with Crippen LogP contribution in [-0.2, 0) is 9.53 Å². The Balaban J connectivity index is 2.02. The minimum absolute atomic E-state index is 0.0301. The number of aryl methyl sites for hydroxylation is 1. The second-order valence-corrected chi connectivity index (χ2v) is 4.04. The lowest BCUT2D eigenvalue weighted by Crippen LogP contribution is -2.41. The molecular weight excluding hydrogens is 248 g/mol. The van der Waals surface area contributed by atoms with E-state index < -0.39 is 0 Å². The van der Waals surface area contributed by atoms with Gasteiger partial charge in [-0.05, 0) is 6.92 Å². The fraction of sp³-hybridized carbons (Fsp3) is 0.417. The monoisotopic (exact) mass is 262 g/mol. The molecule has 7 nitrogen and oxygen atoms in total. The molecule has 19 heavy (non-hydrogen) atoms. The van der Waals surface area contributed by atoms with Gasteiger partial charge >= 0.3 is 0 Å². The predicted octanol–water partition coefficient (Wildman–Crippen LogP) is 0.661. The average molecular weight is 262 g/mol. The van der Waals surface area contributed by atoms with Crippen molar-refractivity contribution >= 4 is 11.7 Å². The molecule has 1 aliphatic rings. The van der Waals surface area contributed by atoms with Crippen molar-refractivity contribution in [2.75, 3.05) is 31.6 Å². The van der Waals surface area contributed by atoms with Gasteiger partial charge in [0.15, 0.2) is 5.82 Å². The van der Waals surface area contributed by atoms with Gasteiger partial charge in [-0.1, -0.05) is 5.16 Å². The second-order valence-electron chi connectivity index (χ2n) is 4.04. The number of carbonyl (C=O) groups is 1. The SMILES string of the molecule is Cc1cc(N/C=C(/C#N)C(=O)N2CCOCC2)no1. The van der Waals surface area contributed by atoms with Crippen LogP contribution in [0.5, 0.6) is 0 Å². The Morgan fingerprint density at radius 1 is 1.58 bits per heavy atom. The number of carbonyl (C=O) groups excluding carboxylic acids is 1. The quantitative estimate of drug-likeness (QED) is 0.635. The number of nitrogens with one attached hydrogen (secondary N) is 1. The van der Waals surface area contributed by atoms with Gasteiger partial charge in [-0.3, -0.25) is 4.79 Å². The number of hydrogen-bond acceptors (Lipinski definition) is 6. The summed E-state index contributed by atoms with van der Waals surface area (Å²) in [5.41, 5.74) is 0.0301. The Morgan fingerprint density at radius 2 is 2.32 bits per heavy atom. The zero-order valence-corrected chi connectivity index (χ0v) is 10.5. The van der Waals surface area contributed by atoms with Gasteiger partial charge in [0, 0.05) is 25.4 Å². The van der Waals surface area contributed by atoms with E-state index in [-0.39, 0.29) is 11.5 Å². The van der Waals surface area contributed by atoms with E-state index in [1.54, 1.807) is 17.9 Å². The van der Waals surface area contributed by atoms with Crippen molar-refractivity contribution in [1.29, 1.82) is 5.26 Å². The summed E-state index contributed by atoms with van der Waals surface area (Å²) in [7, 11) is 0. The van der Waals surface area contributed by atoms with E-state index in [1.165, 1.54) is 6.20 Å². The highest BCUT2D eigenvalue weighted by molar-refractivity contribution is 5.97. The van der Waals surface area contributed by atoms with E-state index in [4.69, 9.17) is 14.5 Å². The Hall–Kier alpha value is -2.33. The molecule has 0 saturated carbocycles. The first kappa shape index (κ1) is 13.1. The van der Waals surface area contributed by atoms with Crippen LogP contribution in [0.4, 0.5) is 5.82 Å². The van der Waals surface area contributed by atoms with E-state index in [0.29, 0.717) is 37.9 Å². The van der Waals surface area contributed by atoms with Crippen molar-refractivity contribution in [1.82, 2.24) is 10.1 Å². The number of hydrogen-bond donors (Lipinski definition) is 1. The third kappa shape index (κ3) is 3.33. The fourth-order valence-electron chi connectivity index (χ4n) is 1.66. The van der Waals surface area contributed by atoms with Gasteiger partial charge in [0.1, 0.15) is 17.4 Å². The van der Waals surface area contributed by atoms with Crippen molar-refractivity contribution in [2.24, 2.45) is 0 Å². The largest absolute Gasteiger partial charge is 0.378 e. The third-order valence-electron chi connectivity index (χ3n) is 2.64. The van der Waals surface area contributed by atoms with E-state index >= 15 is 0 Å². The molecule has 0 bridgehead atoms. The first-order valence-electron chi connectivity index (χ1n) is 5.88. The zero-order chi connectivity index (χ0) is 13.7. The van der Waals surface area contributed by atoms with Gasteiger partial charge in [0.25, 0.3) is 5.91 Å². The van der Waals surface area contributed by atoms with Gasteiger partial charge in [-0.15, -0.1) is 0 Å². The Bertz CT molecular complexity index is 523. The van der Waals surface area contributed by atoms with Crippen LogP contribution in [-0.4, -0.2) is 42.3 Å². The number of nitrogens with zero attached hydrogens (tertiary/aromatic N) is 3. The molecule has 1 fully saturated rings. The Kier molecular flexibility index (Phi) is 4.15. The van der Waals surface area contributed by atoms with Crippen LogP contribution in [0.25, 0.3) is 0 Å². The van der Waals surface area contributed by atoms with Gasteiger partial charge < -0.3 is 19.5 Å². The first-order valence-corrected chi connectivity index (χ1v) is 5.88. The molecule has 0 aromatic carbocycles. The standard InChI is InChI=1S/C12H14N4O3/c1-9-6-11(15-19-9)14-8-10(7-13)12(17)16-2-4-18-5-3-16/h6,8H,2-5H2,1H3,(H,14,15)/b10-8-. The van der Waals surface area contributed by atoms with Gasteiger partial charge in [0.05, 0.1) is 13.2 Å². The fourth-order valence-corrected chi connectivity index (χ4v) is 1.66. The molecule has 1 aliphatic heterocycles. The lowest BCUT2D eigenvalue weighted by atomic mass is 10.2. The Morgan fingerprint density at radius 3 is 2.89 bits per heavy atom. The van der Waals surface area contributed by atoms with Crippen molar-refractivity contribution in [3.05, 3.63) is 23.6 Å². The highest BCUT2D eigenvalue weighted by Gasteiger charge is 2.20. The van der Waals surface area contributed by atoms with Gasteiger partial charge in [-0.25, -0.2) is 0 Å². The van der Waals surface area contributed by atoms with E-state index in [2.05, 4.69) is 10.5 Å². The van der Waals surface area contributed by atoms with E-state index in [9.17, 15) is 4.79 Å². The summed E-state index contributed by atoms with van der Waals surface area (Å²) in [6, 6.07) is 3.56. The molecular formula is C12H14N4O3. The molecule has 0 unspecified atom stereocenters. The van der Waals surface area contributed by atoms with E-state index in [1.807, 2.05) is 6.07 Å². The summed E-state index contributed by atoms with van der Waals surface area (Å²) in [4.78, 5) is 13.6. The molecule has 0 atom stereocenters. The lowest BCUT2D eigenvalue weighted by Gasteiger charge is -2.26. The van der Waals surface area contributed by atoms with Crippen molar-refractivity contribution in [3.63, 3.8) is 0 Å². The van der Waals surface area contributed by atoms with Crippen LogP contribution in [0.15, 0.2) is 22.4 Å². The molecule has 100 valence electrons. The summed E-state index contributed by atoms with van der Waals surface area (Å²) < 4.78 is 10.0. The maximum atomic E-state index is 12.1. The molecule has 0 aliphatic carbocycles. The molecule has 2 rings (SSSR count). The summed E-state index contributed by atoms with van der Waals surface area (Å²) in [6.45, 7) is 3.76. The third-order valence-corrected chi connectivity index (χ3v) is 2.64. The Labute approximate surface area is 110 Å². The molecule has 1 amide bonds. The number of morpholine rings is 1. The normalized spacial score (nSPS) is 16.0. The maximum absolute atomic E-state index is 12.1. The highest BCUT2D eigenvalue weighted by atomic mass is 16.5. The van der Waals surface area contributed by atoms with Crippen LogP contribution >= 0.6 is 0 Å². The number of ether oxygens (including phenoxy) is 1. The summed E-state index contributed by atoms with van der Waals surface area (Å²) in [6.07, 6.45) is 1.34. The number of amides is 1. The number of anilines is 1. The summed E-state index contributed by atoms with van der Waals surface area (Å²) in [5, 5.41) is 15.5. The van der Waals surface area contributed by atoms with Crippen LogP contribution in [0.3, 0.4) is 0 Å². The second kappa shape index (κ2) is 6.02. The molecule has 2 heterocycles. The smallest absolute Gasteiger partial charge is 0.266 e. The molecule has 1 aromatic heterocycles. The zero-order valence-electron chi connectivity index (χ0n) is 10.5. The van der Waals surface area contributed by atoms with Gasteiger partial charge in [0.2, 0.25) is 0 Å². The molecule has 0 radical (unpaired) electrons. The van der Waals surface area contributed by atoms with Crippen molar-refractivity contribution < 1.29 is 14.1 Å². The van der Waals surface area contributed by atoms with Crippen LogP contribution in [0.1, 0.15) is 5.76 Å². The predicted molar refractivity (Wildman–Crippen MR) is 66.0 cm³/mol. The molecule has 1 N–H and O–H groups in total. The summed E-state index contributed by atoms with van der Waals surface area (Å²) >= 11 is 0.